The van der Waals surface area contributed by atoms with E-state index in [1.165, 1.54) is 44.9 Å². The first kappa shape index (κ1) is 13.3. The highest BCUT2D eigenvalue weighted by atomic mass is 32.2. The van der Waals surface area contributed by atoms with Gasteiger partial charge in [-0.05, 0) is 25.7 Å². The lowest BCUT2D eigenvalue weighted by Gasteiger charge is -2.33. The van der Waals surface area contributed by atoms with E-state index in [1.54, 1.807) is 0 Å². The Labute approximate surface area is 109 Å². The molecule has 0 heterocycles. The van der Waals surface area contributed by atoms with E-state index in [2.05, 4.69) is 0 Å². The first-order valence-electron chi connectivity index (χ1n) is 7.14. The maximum atomic E-state index is 11.7. The zero-order valence-corrected chi connectivity index (χ0v) is 11.4. The topological polar surface area (TPSA) is 37.3 Å². The van der Waals surface area contributed by atoms with Gasteiger partial charge in [0, 0.05) is 5.25 Å². The Morgan fingerprint density at radius 1 is 0.941 bits per heavy atom. The van der Waals surface area contributed by atoms with Crippen LogP contribution in [0.15, 0.2) is 0 Å². The zero-order valence-electron chi connectivity index (χ0n) is 10.6. The van der Waals surface area contributed by atoms with Crippen molar-refractivity contribution in [1.82, 2.24) is 0 Å². The molecule has 0 spiro atoms. The summed E-state index contributed by atoms with van der Waals surface area (Å²) in [6.45, 7) is 0. The fourth-order valence-corrected chi connectivity index (χ4v) is 5.02. The van der Waals surface area contributed by atoms with Crippen LogP contribution in [-0.2, 0) is 4.79 Å². The van der Waals surface area contributed by atoms with Crippen LogP contribution in [0.3, 0.4) is 0 Å². The molecule has 17 heavy (non-hydrogen) atoms. The predicted octanol–water partition coefficient (Wildman–Crippen LogP) is 4.23. The summed E-state index contributed by atoms with van der Waals surface area (Å²) in [5, 5.41) is 10.2. The Morgan fingerprint density at radius 3 is 2.00 bits per heavy atom. The van der Waals surface area contributed by atoms with E-state index < -0.39 is 10.7 Å². The molecule has 2 aliphatic carbocycles. The van der Waals surface area contributed by atoms with Crippen molar-refractivity contribution in [3.05, 3.63) is 0 Å². The smallest absolute Gasteiger partial charge is 0.319 e. The Balaban J connectivity index is 2.01. The van der Waals surface area contributed by atoms with Crippen LogP contribution in [0.25, 0.3) is 0 Å². The van der Waals surface area contributed by atoms with Crippen LogP contribution in [0.5, 0.6) is 0 Å². The highest BCUT2D eigenvalue weighted by Crippen LogP contribution is 2.44. The molecule has 0 aromatic heterocycles. The summed E-state index contributed by atoms with van der Waals surface area (Å²) in [5.74, 6) is -0.546. The first-order valence-corrected chi connectivity index (χ1v) is 8.02. The highest BCUT2D eigenvalue weighted by Gasteiger charge is 2.41. The third-order valence-corrected chi connectivity index (χ3v) is 6.08. The van der Waals surface area contributed by atoms with Crippen molar-refractivity contribution in [2.24, 2.45) is 0 Å². The molecular weight excluding hydrogens is 232 g/mol. The van der Waals surface area contributed by atoms with Gasteiger partial charge < -0.3 is 5.11 Å². The van der Waals surface area contributed by atoms with Crippen molar-refractivity contribution in [2.75, 3.05) is 0 Å². The molecule has 2 aliphatic rings. The fourth-order valence-electron chi connectivity index (χ4n) is 3.18. The molecule has 0 aromatic rings. The van der Waals surface area contributed by atoms with Crippen molar-refractivity contribution in [2.45, 2.75) is 80.6 Å². The average molecular weight is 256 g/mol. The van der Waals surface area contributed by atoms with Crippen LogP contribution < -0.4 is 0 Å². The summed E-state index contributed by atoms with van der Waals surface area (Å²) >= 11 is 1.81. The second-order valence-corrected chi connectivity index (χ2v) is 7.28. The van der Waals surface area contributed by atoms with E-state index in [-0.39, 0.29) is 0 Å². The third-order valence-electron chi connectivity index (χ3n) is 4.25. The van der Waals surface area contributed by atoms with Gasteiger partial charge in [-0.15, -0.1) is 11.8 Å². The lowest BCUT2D eigenvalue weighted by Crippen LogP contribution is -2.37. The second-order valence-electron chi connectivity index (χ2n) is 5.59. The van der Waals surface area contributed by atoms with Crippen LogP contribution in [0, 0.1) is 0 Å². The van der Waals surface area contributed by atoms with Gasteiger partial charge in [0.25, 0.3) is 0 Å². The van der Waals surface area contributed by atoms with Gasteiger partial charge in [-0.1, -0.05) is 44.9 Å². The molecule has 2 rings (SSSR count). The number of hydrogen-bond donors (Lipinski definition) is 1. The van der Waals surface area contributed by atoms with Crippen LogP contribution in [0.2, 0.25) is 0 Å². The molecule has 0 saturated heterocycles. The van der Waals surface area contributed by atoms with E-state index in [0.717, 1.165) is 25.7 Å². The normalized spacial score (nSPS) is 26.4. The highest BCUT2D eigenvalue weighted by molar-refractivity contribution is 8.02. The minimum Gasteiger partial charge on any atom is -0.480 e. The molecule has 0 aliphatic heterocycles. The summed E-state index contributed by atoms with van der Waals surface area (Å²) in [5.41, 5.74) is 0. The monoisotopic (exact) mass is 256 g/mol. The second kappa shape index (κ2) is 6.12. The van der Waals surface area contributed by atoms with Crippen molar-refractivity contribution in [1.29, 1.82) is 0 Å². The Bertz CT molecular complexity index is 251. The molecule has 0 unspecified atom stereocenters. The Hall–Kier alpha value is -0.180. The average Bonchev–Trinajstić information content (AvgIpc) is 2.57. The standard InChI is InChI=1S/C14H24O2S/c15-13(16)14(10-6-1-2-7-11-14)17-12-8-4-3-5-9-12/h12H,1-11H2,(H,15,16). The minimum absolute atomic E-state index is 0.446. The number of hydrogen-bond acceptors (Lipinski definition) is 2. The quantitative estimate of drug-likeness (QED) is 0.768. The van der Waals surface area contributed by atoms with Gasteiger partial charge in [-0.25, -0.2) is 0 Å². The van der Waals surface area contributed by atoms with Crippen LogP contribution in [0.4, 0.5) is 0 Å². The van der Waals surface area contributed by atoms with E-state index in [1.807, 2.05) is 11.8 Å². The van der Waals surface area contributed by atoms with Crippen molar-refractivity contribution < 1.29 is 9.90 Å². The zero-order chi connectivity index (χ0) is 12.1. The summed E-state index contributed by atoms with van der Waals surface area (Å²) in [6, 6.07) is 0. The fraction of sp³-hybridized carbons (Fsp3) is 0.929. The van der Waals surface area contributed by atoms with E-state index in [0.29, 0.717) is 5.25 Å². The Kier molecular flexibility index (Phi) is 4.78. The number of thioether (sulfide) groups is 1. The molecule has 0 radical (unpaired) electrons. The van der Waals surface area contributed by atoms with Gasteiger partial charge in [-0.3, -0.25) is 4.79 Å². The molecule has 2 nitrogen and oxygen atoms in total. The largest absolute Gasteiger partial charge is 0.480 e. The lowest BCUT2D eigenvalue weighted by molar-refractivity contribution is -0.140. The maximum absolute atomic E-state index is 11.7. The lowest BCUT2D eigenvalue weighted by atomic mass is 9.99. The van der Waals surface area contributed by atoms with Crippen LogP contribution >= 0.6 is 11.8 Å². The number of carbonyl (C=O) groups is 1. The molecule has 2 saturated carbocycles. The SMILES string of the molecule is O=C(O)C1(SC2CCCCC2)CCCCCC1. The van der Waals surface area contributed by atoms with Gasteiger partial charge >= 0.3 is 5.97 Å². The first-order chi connectivity index (χ1) is 8.23. The van der Waals surface area contributed by atoms with Crippen molar-refractivity contribution in [3.63, 3.8) is 0 Å². The molecule has 3 heteroatoms. The molecule has 98 valence electrons. The van der Waals surface area contributed by atoms with Crippen molar-refractivity contribution >= 4 is 17.7 Å². The maximum Gasteiger partial charge on any atom is 0.319 e. The molecule has 0 atom stereocenters. The summed E-state index contributed by atoms with van der Waals surface area (Å²) in [4.78, 5) is 11.7. The number of rotatable bonds is 3. The molecule has 1 N–H and O–H groups in total. The van der Waals surface area contributed by atoms with Gasteiger partial charge in [0.05, 0.1) is 0 Å². The predicted molar refractivity (Wildman–Crippen MR) is 72.5 cm³/mol. The van der Waals surface area contributed by atoms with E-state index in [9.17, 15) is 9.90 Å². The number of aliphatic carboxylic acids is 1. The summed E-state index contributed by atoms with van der Waals surface area (Å²) in [7, 11) is 0. The Morgan fingerprint density at radius 2 is 1.47 bits per heavy atom. The summed E-state index contributed by atoms with van der Waals surface area (Å²) < 4.78 is -0.446. The number of carboxylic acid groups (broad SMARTS) is 1. The van der Waals surface area contributed by atoms with Gasteiger partial charge in [0.2, 0.25) is 0 Å². The van der Waals surface area contributed by atoms with E-state index in [4.69, 9.17) is 0 Å². The van der Waals surface area contributed by atoms with Gasteiger partial charge in [-0.2, -0.15) is 0 Å². The van der Waals surface area contributed by atoms with Crippen LogP contribution in [0.1, 0.15) is 70.6 Å². The van der Waals surface area contributed by atoms with Crippen LogP contribution in [-0.4, -0.2) is 21.1 Å². The minimum atomic E-state index is -0.546. The molecule has 0 aromatic carbocycles. The molecule has 0 amide bonds. The third kappa shape index (κ3) is 3.40. The number of carboxylic acids is 1. The molecule has 2 fully saturated rings. The molecular formula is C14H24O2S. The van der Waals surface area contributed by atoms with Crippen molar-refractivity contribution in [3.8, 4) is 0 Å². The van der Waals surface area contributed by atoms with Gasteiger partial charge in [0.15, 0.2) is 0 Å². The molecule has 0 bridgehead atoms. The summed E-state index contributed by atoms with van der Waals surface area (Å²) in [6.07, 6.45) is 12.9. The van der Waals surface area contributed by atoms with E-state index >= 15 is 0 Å². The van der Waals surface area contributed by atoms with Gasteiger partial charge in [0.1, 0.15) is 4.75 Å².